The van der Waals surface area contributed by atoms with E-state index in [1.165, 1.54) is 5.56 Å². The molecular formula is C16H15Cl2NO. The predicted molar refractivity (Wildman–Crippen MR) is 84.3 cm³/mol. The SMILES string of the molecule is Cc1c(Cl)cccc1NCC1Cc2cc(Cl)ccc2O1. The lowest BCUT2D eigenvalue weighted by atomic mass is 10.1. The molecule has 0 spiro atoms. The Bertz CT molecular complexity index is 642. The first kappa shape index (κ1) is 13.6. The molecular weight excluding hydrogens is 293 g/mol. The number of rotatable bonds is 3. The van der Waals surface area contributed by atoms with Crippen molar-refractivity contribution in [2.45, 2.75) is 19.4 Å². The molecule has 1 atom stereocenters. The van der Waals surface area contributed by atoms with Crippen molar-refractivity contribution in [3.63, 3.8) is 0 Å². The van der Waals surface area contributed by atoms with Gasteiger partial charge in [-0.05, 0) is 48.4 Å². The van der Waals surface area contributed by atoms with Gasteiger partial charge in [-0.25, -0.2) is 0 Å². The van der Waals surface area contributed by atoms with E-state index in [2.05, 4.69) is 5.32 Å². The van der Waals surface area contributed by atoms with Gasteiger partial charge in [0, 0.05) is 22.2 Å². The molecule has 0 bridgehead atoms. The lowest BCUT2D eigenvalue weighted by Crippen LogP contribution is -2.24. The zero-order valence-electron chi connectivity index (χ0n) is 11.1. The van der Waals surface area contributed by atoms with Gasteiger partial charge in [-0.1, -0.05) is 29.3 Å². The summed E-state index contributed by atoms with van der Waals surface area (Å²) in [5.41, 5.74) is 3.29. The van der Waals surface area contributed by atoms with Crippen molar-refractivity contribution in [1.82, 2.24) is 0 Å². The van der Waals surface area contributed by atoms with Gasteiger partial charge in [0.2, 0.25) is 0 Å². The lowest BCUT2D eigenvalue weighted by molar-refractivity contribution is 0.246. The van der Waals surface area contributed by atoms with Crippen LogP contribution in [0.5, 0.6) is 5.75 Å². The molecule has 1 aliphatic rings. The first-order valence-electron chi connectivity index (χ1n) is 6.57. The number of hydrogen-bond donors (Lipinski definition) is 1. The minimum atomic E-state index is 0.127. The molecule has 104 valence electrons. The van der Waals surface area contributed by atoms with Gasteiger partial charge in [-0.15, -0.1) is 0 Å². The van der Waals surface area contributed by atoms with Crippen molar-refractivity contribution in [2.75, 3.05) is 11.9 Å². The van der Waals surface area contributed by atoms with E-state index in [1.54, 1.807) is 0 Å². The summed E-state index contributed by atoms with van der Waals surface area (Å²) in [7, 11) is 0. The van der Waals surface area contributed by atoms with E-state index in [9.17, 15) is 0 Å². The van der Waals surface area contributed by atoms with Gasteiger partial charge in [-0.2, -0.15) is 0 Å². The van der Waals surface area contributed by atoms with Gasteiger partial charge in [0.05, 0.1) is 6.54 Å². The van der Waals surface area contributed by atoms with Crippen LogP contribution in [0.25, 0.3) is 0 Å². The van der Waals surface area contributed by atoms with Gasteiger partial charge in [0.1, 0.15) is 11.9 Å². The lowest BCUT2D eigenvalue weighted by Gasteiger charge is -2.15. The maximum atomic E-state index is 6.11. The van der Waals surface area contributed by atoms with Gasteiger partial charge in [0.25, 0.3) is 0 Å². The van der Waals surface area contributed by atoms with Crippen LogP contribution in [0.3, 0.4) is 0 Å². The third kappa shape index (κ3) is 2.72. The Kier molecular flexibility index (Phi) is 3.77. The van der Waals surface area contributed by atoms with E-state index in [0.29, 0.717) is 0 Å². The summed E-state index contributed by atoms with van der Waals surface area (Å²) >= 11 is 12.1. The van der Waals surface area contributed by atoms with E-state index in [0.717, 1.165) is 40.0 Å². The van der Waals surface area contributed by atoms with Gasteiger partial charge in [0.15, 0.2) is 0 Å². The van der Waals surface area contributed by atoms with Crippen LogP contribution in [0, 0.1) is 6.92 Å². The molecule has 20 heavy (non-hydrogen) atoms. The number of benzene rings is 2. The molecule has 0 fully saturated rings. The van der Waals surface area contributed by atoms with Crippen LogP contribution in [0.2, 0.25) is 10.0 Å². The Labute approximate surface area is 128 Å². The number of ether oxygens (including phenoxy) is 1. The fourth-order valence-electron chi connectivity index (χ4n) is 2.43. The maximum Gasteiger partial charge on any atom is 0.123 e. The van der Waals surface area contributed by atoms with Crippen LogP contribution in [0.1, 0.15) is 11.1 Å². The molecule has 2 aromatic rings. The monoisotopic (exact) mass is 307 g/mol. The van der Waals surface area contributed by atoms with Crippen molar-refractivity contribution < 1.29 is 4.74 Å². The standard InChI is InChI=1S/C16H15Cl2NO/c1-10-14(18)3-2-4-15(10)19-9-13-8-11-7-12(17)5-6-16(11)20-13/h2-7,13,19H,8-9H2,1H3. The molecule has 0 amide bonds. The quantitative estimate of drug-likeness (QED) is 0.886. The normalized spacial score (nSPS) is 16.6. The summed E-state index contributed by atoms with van der Waals surface area (Å²) in [5.74, 6) is 0.934. The number of fused-ring (bicyclic) bond motifs is 1. The van der Waals surface area contributed by atoms with E-state index in [4.69, 9.17) is 27.9 Å². The Morgan fingerprint density at radius 3 is 2.95 bits per heavy atom. The summed E-state index contributed by atoms with van der Waals surface area (Å²) in [6.07, 6.45) is 1.00. The average molecular weight is 308 g/mol. The van der Waals surface area contributed by atoms with Crippen LogP contribution >= 0.6 is 23.2 Å². The third-order valence-electron chi connectivity index (χ3n) is 3.55. The van der Waals surface area contributed by atoms with Crippen molar-refractivity contribution >= 4 is 28.9 Å². The maximum absolute atomic E-state index is 6.11. The van der Waals surface area contributed by atoms with Gasteiger partial charge >= 0.3 is 0 Å². The van der Waals surface area contributed by atoms with E-state index >= 15 is 0 Å². The number of hydrogen-bond acceptors (Lipinski definition) is 2. The highest BCUT2D eigenvalue weighted by Gasteiger charge is 2.22. The molecule has 4 heteroatoms. The fraction of sp³-hybridized carbons (Fsp3) is 0.250. The minimum Gasteiger partial charge on any atom is -0.488 e. The summed E-state index contributed by atoms with van der Waals surface area (Å²) in [5, 5.41) is 4.93. The van der Waals surface area contributed by atoms with E-state index in [1.807, 2.05) is 43.3 Å². The molecule has 1 aliphatic heterocycles. The smallest absolute Gasteiger partial charge is 0.123 e. The minimum absolute atomic E-state index is 0.127. The average Bonchev–Trinajstić information content (AvgIpc) is 2.82. The summed E-state index contributed by atoms with van der Waals surface area (Å²) in [6, 6.07) is 11.6. The van der Waals surface area contributed by atoms with Crippen molar-refractivity contribution in [2.24, 2.45) is 0 Å². The Balaban J connectivity index is 1.65. The fourth-order valence-corrected chi connectivity index (χ4v) is 2.79. The molecule has 0 radical (unpaired) electrons. The van der Waals surface area contributed by atoms with Crippen LogP contribution in [0.4, 0.5) is 5.69 Å². The highest BCUT2D eigenvalue weighted by molar-refractivity contribution is 6.31. The zero-order valence-corrected chi connectivity index (χ0v) is 12.6. The highest BCUT2D eigenvalue weighted by Crippen LogP contribution is 2.31. The van der Waals surface area contributed by atoms with Crippen LogP contribution in [0.15, 0.2) is 36.4 Å². The Hall–Kier alpha value is -1.38. The largest absolute Gasteiger partial charge is 0.488 e. The molecule has 0 aromatic heterocycles. The second-order valence-corrected chi connectivity index (χ2v) is 5.83. The zero-order chi connectivity index (χ0) is 14.1. The number of nitrogens with one attached hydrogen (secondary N) is 1. The van der Waals surface area contributed by atoms with Crippen molar-refractivity contribution in [1.29, 1.82) is 0 Å². The molecule has 3 rings (SSSR count). The third-order valence-corrected chi connectivity index (χ3v) is 4.20. The first-order chi connectivity index (χ1) is 9.63. The summed E-state index contributed by atoms with van der Waals surface area (Å²) in [4.78, 5) is 0. The molecule has 2 nitrogen and oxygen atoms in total. The Morgan fingerprint density at radius 1 is 1.25 bits per heavy atom. The molecule has 0 saturated heterocycles. The summed E-state index contributed by atoms with van der Waals surface area (Å²) < 4.78 is 5.90. The molecule has 0 aliphatic carbocycles. The van der Waals surface area contributed by atoms with Crippen LogP contribution in [-0.2, 0) is 6.42 Å². The number of halogens is 2. The van der Waals surface area contributed by atoms with Crippen molar-refractivity contribution in [3.05, 3.63) is 57.6 Å². The van der Waals surface area contributed by atoms with E-state index < -0.39 is 0 Å². The predicted octanol–water partition coefficient (Wildman–Crippen LogP) is 4.72. The topological polar surface area (TPSA) is 21.3 Å². The van der Waals surface area contributed by atoms with Crippen molar-refractivity contribution in [3.8, 4) is 5.75 Å². The molecule has 0 saturated carbocycles. The first-order valence-corrected chi connectivity index (χ1v) is 7.33. The number of anilines is 1. The van der Waals surface area contributed by atoms with Gasteiger partial charge < -0.3 is 10.1 Å². The Morgan fingerprint density at radius 2 is 2.10 bits per heavy atom. The highest BCUT2D eigenvalue weighted by atomic mass is 35.5. The molecule has 1 unspecified atom stereocenters. The van der Waals surface area contributed by atoms with Crippen LogP contribution in [-0.4, -0.2) is 12.6 Å². The molecule has 2 aromatic carbocycles. The van der Waals surface area contributed by atoms with Crippen LogP contribution < -0.4 is 10.1 Å². The summed E-state index contributed by atoms with van der Waals surface area (Å²) in [6.45, 7) is 2.75. The van der Waals surface area contributed by atoms with Gasteiger partial charge in [-0.3, -0.25) is 0 Å². The second kappa shape index (κ2) is 5.55. The molecule has 1 heterocycles. The van der Waals surface area contributed by atoms with E-state index in [-0.39, 0.29) is 6.10 Å². The molecule has 1 N–H and O–H groups in total. The second-order valence-electron chi connectivity index (χ2n) is 4.99.